The molecular formula is C12H19N3O2S. The van der Waals surface area contributed by atoms with Gasteiger partial charge in [0.15, 0.2) is 5.69 Å². The lowest BCUT2D eigenvalue weighted by Gasteiger charge is -2.26. The standard InChI is InChI=1S/C12H19N3O2S/c1-9-3-2-4-10(7-9)18-6-5-15-8-11(12(16)17)13-14-15/h8-10H,2-7H2,1H3,(H,16,17). The van der Waals surface area contributed by atoms with E-state index >= 15 is 0 Å². The van der Waals surface area contributed by atoms with E-state index in [9.17, 15) is 4.79 Å². The molecule has 1 N–H and O–H groups in total. The fourth-order valence-corrected chi connectivity index (χ4v) is 3.77. The molecule has 1 aliphatic carbocycles. The maximum atomic E-state index is 10.7. The van der Waals surface area contributed by atoms with Gasteiger partial charge < -0.3 is 5.11 Å². The molecule has 1 aromatic rings. The molecule has 1 fully saturated rings. The van der Waals surface area contributed by atoms with Crippen molar-refractivity contribution in [3.05, 3.63) is 11.9 Å². The number of thioether (sulfide) groups is 1. The van der Waals surface area contributed by atoms with Gasteiger partial charge in [0, 0.05) is 11.0 Å². The molecule has 0 bridgehead atoms. The van der Waals surface area contributed by atoms with Crippen LogP contribution in [0.15, 0.2) is 6.20 Å². The number of carboxylic acids is 1. The van der Waals surface area contributed by atoms with Crippen LogP contribution in [0.3, 0.4) is 0 Å². The molecule has 0 saturated heterocycles. The van der Waals surface area contributed by atoms with Gasteiger partial charge in [-0.3, -0.25) is 4.68 Å². The summed E-state index contributed by atoms with van der Waals surface area (Å²) in [4.78, 5) is 10.7. The van der Waals surface area contributed by atoms with Crippen molar-refractivity contribution in [1.82, 2.24) is 15.0 Å². The first kappa shape index (κ1) is 13.4. The lowest BCUT2D eigenvalue weighted by Crippen LogP contribution is -2.16. The number of aromatic carboxylic acids is 1. The first-order valence-corrected chi connectivity index (χ1v) is 7.45. The quantitative estimate of drug-likeness (QED) is 0.888. The number of nitrogens with zero attached hydrogens (tertiary/aromatic N) is 3. The van der Waals surface area contributed by atoms with Gasteiger partial charge in [0.2, 0.25) is 0 Å². The molecule has 1 saturated carbocycles. The largest absolute Gasteiger partial charge is 0.476 e. The van der Waals surface area contributed by atoms with Gasteiger partial charge in [0.1, 0.15) is 0 Å². The average molecular weight is 269 g/mol. The molecule has 0 radical (unpaired) electrons. The Morgan fingerprint density at radius 1 is 1.61 bits per heavy atom. The summed E-state index contributed by atoms with van der Waals surface area (Å²) in [5.41, 5.74) is 0.0197. The second kappa shape index (κ2) is 6.22. The number of hydrogen-bond donors (Lipinski definition) is 1. The number of carbonyl (C=O) groups is 1. The number of hydrogen-bond acceptors (Lipinski definition) is 4. The van der Waals surface area contributed by atoms with Crippen molar-refractivity contribution < 1.29 is 9.90 Å². The summed E-state index contributed by atoms with van der Waals surface area (Å²) in [6, 6.07) is 0. The third-order valence-electron chi connectivity index (χ3n) is 3.32. The molecule has 2 atom stereocenters. The molecule has 18 heavy (non-hydrogen) atoms. The first-order valence-electron chi connectivity index (χ1n) is 6.40. The second-order valence-corrected chi connectivity index (χ2v) is 6.34. The van der Waals surface area contributed by atoms with Crippen molar-refractivity contribution in [3.8, 4) is 0 Å². The molecule has 6 heteroatoms. The zero-order chi connectivity index (χ0) is 13.0. The van der Waals surface area contributed by atoms with Crippen LogP contribution < -0.4 is 0 Å². The van der Waals surface area contributed by atoms with Gasteiger partial charge in [-0.05, 0) is 18.8 Å². The van der Waals surface area contributed by atoms with Crippen molar-refractivity contribution >= 4 is 17.7 Å². The molecule has 0 amide bonds. The number of aryl methyl sites for hydroxylation is 1. The Hall–Kier alpha value is -1.04. The van der Waals surface area contributed by atoms with Gasteiger partial charge in [-0.1, -0.05) is 25.0 Å². The van der Waals surface area contributed by atoms with Gasteiger partial charge in [0.05, 0.1) is 12.7 Å². The van der Waals surface area contributed by atoms with E-state index in [4.69, 9.17) is 5.11 Å². The summed E-state index contributed by atoms with van der Waals surface area (Å²) in [7, 11) is 0. The molecule has 2 rings (SSSR count). The highest BCUT2D eigenvalue weighted by atomic mass is 32.2. The zero-order valence-corrected chi connectivity index (χ0v) is 11.4. The van der Waals surface area contributed by atoms with E-state index in [1.54, 1.807) is 4.68 Å². The van der Waals surface area contributed by atoms with Gasteiger partial charge in [0.25, 0.3) is 0 Å². The van der Waals surface area contributed by atoms with Crippen LogP contribution in [-0.2, 0) is 6.54 Å². The van der Waals surface area contributed by atoms with Crippen LogP contribution in [0.5, 0.6) is 0 Å². The minimum Gasteiger partial charge on any atom is -0.476 e. The molecule has 0 aromatic carbocycles. The maximum absolute atomic E-state index is 10.7. The minimum atomic E-state index is -1.02. The van der Waals surface area contributed by atoms with Crippen molar-refractivity contribution in [2.75, 3.05) is 5.75 Å². The van der Waals surface area contributed by atoms with Gasteiger partial charge >= 0.3 is 5.97 Å². The molecule has 2 unspecified atom stereocenters. The summed E-state index contributed by atoms with van der Waals surface area (Å²) < 4.78 is 1.61. The smallest absolute Gasteiger partial charge is 0.358 e. The van der Waals surface area contributed by atoms with Gasteiger partial charge in [-0.2, -0.15) is 11.8 Å². The summed E-state index contributed by atoms with van der Waals surface area (Å²) >= 11 is 1.98. The fourth-order valence-electron chi connectivity index (χ4n) is 2.35. The van der Waals surface area contributed by atoms with Crippen LogP contribution in [0.2, 0.25) is 0 Å². The minimum absolute atomic E-state index is 0.0197. The zero-order valence-electron chi connectivity index (χ0n) is 10.6. The highest BCUT2D eigenvalue weighted by Crippen LogP contribution is 2.31. The highest BCUT2D eigenvalue weighted by Gasteiger charge is 2.18. The number of aromatic nitrogens is 3. The van der Waals surface area contributed by atoms with Crippen LogP contribution >= 0.6 is 11.8 Å². The van der Waals surface area contributed by atoms with Gasteiger partial charge in [-0.25, -0.2) is 4.79 Å². The lowest BCUT2D eigenvalue weighted by molar-refractivity contribution is 0.0690. The van der Waals surface area contributed by atoms with E-state index in [0.717, 1.165) is 23.5 Å². The van der Waals surface area contributed by atoms with Crippen LogP contribution in [0, 0.1) is 5.92 Å². The number of rotatable bonds is 5. The third-order valence-corrected chi connectivity index (χ3v) is 4.64. The van der Waals surface area contributed by atoms with Crippen molar-refractivity contribution in [2.45, 2.75) is 44.4 Å². The maximum Gasteiger partial charge on any atom is 0.358 e. The van der Waals surface area contributed by atoms with Crippen molar-refractivity contribution in [2.24, 2.45) is 5.92 Å². The van der Waals surface area contributed by atoms with E-state index in [2.05, 4.69) is 17.2 Å². The second-order valence-electron chi connectivity index (χ2n) is 4.94. The summed E-state index contributed by atoms with van der Waals surface area (Å²) in [5, 5.41) is 16.9. The molecule has 100 valence electrons. The molecule has 1 heterocycles. The fraction of sp³-hybridized carbons (Fsp3) is 0.750. The van der Waals surface area contributed by atoms with Crippen molar-refractivity contribution in [3.63, 3.8) is 0 Å². The molecule has 5 nitrogen and oxygen atoms in total. The van der Waals surface area contributed by atoms with E-state index in [0.29, 0.717) is 0 Å². The van der Waals surface area contributed by atoms with Crippen molar-refractivity contribution in [1.29, 1.82) is 0 Å². The Balaban J connectivity index is 1.72. The average Bonchev–Trinajstić information content (AvgIpc) is 2.78. The SMILES string of the molecule is CC1CCCC(SCCn2cc(C(=O)O)nn2)C1. The Morgan fingerprint density at radius 2 is 2.44 bits per heavy atom. The van der Waals surface area contributed by atoms with Crippen LogP contribution in [0.25, 0.3) is 0 Å². The molecule has 1 aromatic heterocycles. The van der Waals surface area contributed by atoms with E-state index in [-0.39, 0.29) is 5.69 Å². The van der Waals surface area contributed by atoms with Crippen LogP contribution in [0.1, 0.15) is 43.1 Å². The normalized spacial score (nSPS) is 24.1. The first-order chi connectivity index (χ1) is 8.65. The Morgan fingerprint density at radius 3 is 3.11 bits per heavy atom. The Kier molecular flexibility index (Phi) is 4.63. The Labute approximate surface area is 111 Å². The van der Waals surface area contributed by atoms with Crippen LogP contribution in [-0.4, -0.2) is 37.1 Å². The van der Waals surface area contributed by atoms with E-state index < -0.39 is 5.97 Å². The number of carboxylic acid groups (broad SMARTS) is 1. The predicted octanol–water partition coefficient (Wildman–Crippen LogP) is 2.29. The monoisotopic (exact) mass is 269 g/mol. The predicted molar refractivity (Wildman–Crippen MR) is 70.9 cm³/mol. The van der Waals surface area contributed by atoms with E-state index in [1.807, 2.05) is 11.8 Å². The topological polar surface area (TPSA) is 68.0 Å². The summed E-state index contributed by atoms with van der Waals surface area (Å²) in [6.07, 6.45) is 6.81. The van der Waals surface area contributed by atoms with Gasteiger partial charge in [-0.15, -0.1) is 5.10 Å². The third kappa shape index (κ3) is 3.73. The summed E-state index contributed by atoms with van der Waals surface area (Å²) in [6.45, 7) is 3.05. The van der Waals surface area contributed by atoms with Crippen LogP contribution in [0.4, 0.5) is 0 Å². The molecule has 1 aliphatic rings. The lowest BCUT2D eigenvalue weighted by atomic mass is 9.91. The molecule has 0 spiro atoms. The van der Waals surface area contributed by atoms with E-state index in [1.165, 1.54) is 31.9 Å². The Bertz CT molecular complexity index is 408. The molecular weight excluding hydrogens is 250 g/mol. The highest BCUT2D eigenvalue weighted by molar-refractivity contribution is 7.99. The summed E-state index contributed by atoms with van der Waals surface area (Å²) in [5.74, 6) is 0.802. The molecule has 0 aliphatic heterocycles.